The van der Waals surface area contributed by atoms with Crippen molar-refractivity contribution >= 4 is 22.6 Å². The Morgan fingerprint density at radius 2 is 2.33 bits per heavy atom. The number of nitrogens with zero attached hydrogens (tertiary/aromatic N) is 1. The normalized spacial score (nSPS) is 12.1. The third-order valence-corrected chi connectivity index (χ3v) is 2.49. The highest BCUT2D eigenvalue weighted by molar-refractivity contribution is 14.1. The number of nitriles is 1. The van der Waals surface area contributed by atoms with Gasteiger partial charge in [0.1, 0.15) is 0 Å². The van der Waals surface area contributed by atoms with Gasteiger partial charge in [-0.15, -0.1) is 0 Å². The van der Waals surface area contributed by atoms with E-state index in [1.165, 1.54) is 9.13 Å². The van der Waals surface area contributed by atoms with Crippen LogP contribution in [0.5, 0.6) is 0 Å². The SMILES string of the molecule is CC(CC#N)c1cccc(I)c1. The molecule has 12 heavy (non-hydrogen) atoms. The minimum absolute atomic E-state index is 0.352. The lowest BCUT2D eigenvalue weighted by molar-refractivity contribution is 0.788. The highest BCUT2D eigenvalue weighted by Gasteiger charge is 2.03. The molecule has 0 saturated carbocycles. The van der Waals surface area contributed by atoms with Gasteiger partial charge < -0.3 is 0 Å². The molecule has 1 aromatic rings. The van der Waals surface area contributed by atoms with E-state index in [-0.39, 0.29) is 0 Å². The van der Waals surface area contributed by atoms with Gasteiger partial charge in [0.2, 0.25) is 0 Å². The zero-order valence-electron chi connectivity index (χ0n) is 6.92. The Kier molecular flexibility index (Phi) is 3.54. The van der Waals surface area contributed by atoms with Crippen LogP contribution in [-0.4, -0.2) is 0 Å². The van der Waals surface area contributed by atoms with Crippen molar-refractivity contribution < 1.29 is 0 Å². The van der Waals surface area contributed by atoms with Crippen molar-refractivity contribution in [3.05, 3.63) is 33.4 Å². The van der Waals surface area contributed by atoms with Crippen LogP contribution in [0.1, 0.15) is 24.8 Å². The molecule has 2 heteroatoms. The van der Waals surface area contributed by atoms with Crippen LogP contribution in [0, 0.1) is 14.9 Å². The van der Waals surface area contributed by atoms with Crippen molar-refractivity contribution in [2.24, 2.45) is 0 Å². The summed E-state index contributed by atoms with van der Waals surface area (Å²) in [4.78, 5) is 0. The van der Waals surface area contributed by atoms with Gasteiger partial charge >= 0.3 is 0 Å². The second-order valence-electron chi connectivity index (χ2n) is 2.82. The maximum atomic E-state index is 8.52. The van der Waals surface area contributed by atoms with Crippen molar-refractivity contribution in [2.75, 3.05) is 0 Å². The molecule has 1 rings (SSSR count). The molecule has 0 saturated heterocycles. The van der Waals surface area contributed by atoms with E-state index in [0.29, 0.717) is 12.3 Å². The van der Waals surface area contributed by atoms with Crippen LogP contribution in [0.2, 0.25) is 0 Å². The Morgan fingerprint density at radius 1 is 1.58 bits per heavy atom. The fourth-order valence-corrected chi connectivity index (χ4v) is 1.64. The van der Waals surface area contributed by atoms with Crippen molar-refractivity contribution in [1.29, 1.82) is 5.26 Å². The van der Waals surface area contributed by atoms with E-state index in [2.05, 4.69) is 53.8 Å². The van der Waals surface area contributed by atoms with Gasteiger partial charge in [-0.1, -0.05) is 19.1 Å². The Morgan fingerprint density at radius 3 is 2.92 bits per heavy atom. The monoisotopic (exact) mass is 271 g/mol. The van der Waals surface area contributed by atoms with E-state index in [1.807, 2.05) is 6.07 Å². The van der Waals surface area contributed by atoms with E-state index in [0.717, 1.165) is 0 Å². The first-order valence-corrected chi connectivity index (χ1v) is 4.94. The zero-order valence-corrected chi connectivity index (χ0v) is 9.08. The third-order valence-electron chi connectivity index (χ3n) is 1.82. The predicted octanol–water partition coefficient (Wildman–Crippen LogP) is 3.31. The lowest BCUT2D eigenvalue weighted by Gasteiger charge is -2.06. The molecule has 0 aliphatic heterocycles. The van der Waals surface area contributed by atoms with E-state index in [4.69, 9.17) is 5.26 Å². The molecule has 0 bridgehead atoms. The topological polar surface area (TPSA) is 23.8 Å². The van der Waals surface area contributed by atoms with Crippen LogP contribution in [0.15, 0.2) is 24.3 Å². The van der Waals surface area contributed by atoms with Crippen LogP contribution in [0.25, 0.3) is 0 Å². The molecule has 0 aromatic heterocycles. The van der Waals surface area contributed by atoms with Gasteiger partial charge in [-0.2, -0.15) is 5.26 Å². The Bertz CT molecular complexity index is 301. The van der Waals surface area contributed by atoms with Crippen LogP contribution >= 0.6 is 22.6 Å². The van der Waals surface area contributed by atoms with Crippen molar-refractivity contribution in [2.45, 2.75) is 19.3 Å². The fraction of sp³-hybridized carbons (Fsp3) is 0.300. The number of halogens is 1. The van der Waals surface area contributed by atoms with Gasteiger partial charge in [0.15, 0.2) is 0 Å². The van der Waals surface area contributed by atoms with Gasteiger partial charge in [-0.25, -0.2) is 0 Å². The summed E-state index contributed by atoms with van der Waals surface area (Å²) >= 11 is 2.28. The molecule has 0 N–H and O–H groups in total. The van der Waals surface area contributed by atoms with Gasteiger partial charge in [0, 0.05) is 9.99 Å². The first kappa shape index (κ1) is 9.53. The molecule has 0 spiro atoms. The molecule has 0 radical (unpaired) electrons. The lowest BCUT2D eigenvalue weighted by Crippen LogP contribution is -1.91. The lowest BCUT2D eigenvalue weighted by atomic mass is 9.99. The van der Waals surface area contributed by atoms with E-state index >= 15 is 0 Å². The largest absolute Gasteiger partial charge is 0.198 e. The summed E-state index contributed by atoms with van der Waals surface area (Å²) in [6.07, 6.45) is 0.597. The number of rotatable bonds is 2. The molecule has 0 fully saturated rings. The van der Waals surface area contributed by atoms with E-state index in [9.17, 15) is 0 Å². The standard InChI is InChI=1S/C10H10IN/c1-8(5-6-12)9-3-2-4-10(11)7-9/h2-4,7-8H,5H2,1H3. The van der Waals surface area contributed by atoms with Crippen LogP contribution in [-0.2, 0) is 0 Å². The summed E-state index contributed by atoms with van der Waals surface area (Å²) in [5, 5.41) is 8.52. The summed E-state index contributed by atoms with van der Waals surface area (Å²) in [7, 11) is 0. The van der Waals surface area contributed by atoms with E-state index < -0.39 is 0 Å². The molecule has 1 atom stereocenters. The maximum Gasteiger partial charge on any atom is 0.0628 e. The quantitative estimate of drug-likeness (QED) is 0.757. The zero-order chi connectivity index (χ0) is 8.97. The van der Waals surface area contributed by atoms with Gasteiger partial charge in [0.25, 0.3) is 0 Å². The number of hydrogen-bond donors (Lipinski definition) is 0. The summed E-state index contributed by atoms with van der Waals surface area (Å²) < 4.78 is 1.23. The highest BCUT2D eigenvalue weighted by Crippen LogP contribution is 2.19. The summed E-state index contributed by atoms with van der Waals surface area (Å²) in [5.74, 6) is 0.352. The Hall–Kier alpha value is -0.560. The minimum atomic E-state index is 0.352. The molecule has 0 amide bonds. The average molecular weight is 271 g/mol. The summed E-state index contributed by atoms with van der Waals surface area (Å²) in [6, 6.07) is 10.5. The molecule has 62 valence electrons. The van der Waals surface area contributed by atoms with Crippen LogP contribution in [0.4, 0.5) is 0 Å². The van der Waals surface area contributed by atoms with Crippen LogP contribution in [0.3, 0.4) is 0 Å². The summed E-state index contributed by atoms with van der Waals surface area (Å²) in [5.41, 5.74) is 1.25. The van der Waals surface area contributed by atoms with Crippen molar-refractivity contribution in [1.82, 2.24) is 0 Å². The molecule has 1 aromatic carbocycles. The second kappa shape index (κ2) is 4.46. The molecular weight excluding hydrogens is 261 g/mol. The summed E-state index contributed by atoms with van der Waals surface area (Å²) in [6.45, 7) is 2.08. The Balaban J connectivity index is 2.82. The third kappa shape index (κ3) is 2.49. The molecule has 0 heterocycles. The maximum absolute atomic E-state index is 8.52. The average Bonchev–Trinajstić information content (AvgIpc) is 2.05. The first-order valence-electron chi connectivity index (χ1n) is 3.86. The highest BCUT2D eigenvalue weighted by atomic mass is 127. The molecule has 1 unspecified atom stereocenters. The smallest absolute Gasteiger partial charge is 0.0628 e. The fourth-order valence-electron chi connectivity index (χ4n) is 1.07. The van der Waals surface area contributed by atoms with Gasteiger partial charge in [-0.05, 0) is 46.2 Å². The molecule has 1 nitrogen and oxygen atoms in total. The number of hydrogen-bond acceptors (Lipinski definition) is 1. The Labute approximate surface area is 86.5 Å². The van der Waals surface area contributed by atoms with Gasteiger partial charge in [-0.3, -0.25) is 0 Å². The van der Waals surface area contributed by atoms with Crippen molar-refractivity contribution in [3.63, 3.8) is 0 Å². The van der Waals surface area contributed by atoms with Crippen molar-refractivity contribution in [3.8, 4) is 6.07 Å². The van der Waals surface area contributed by atoms with Gasteiger partial charge in [0.05, 0.1) is 6.07 Å². The van der Waals surface area contributed by atoms with E-state index in [1.54, 1.807) is 0 Å². The second-order valence-corrected chi connectivity index (χ2v) is 4.06. The molecule has 0 aliphatic carbocycles. The first-order chi connectivity index (χ1) is 5.74. The minimum Gasteiger partial charge on any atom is -0.198 e. The van der Waals surface area contributed by atoms with Crippen LogP contribution < -0.4 is 0 Å². The number of benzene rings is 1. The molecular formula is C10H10IN. The predicted molar refractivity (Wildman–Crippen MR) is 57.8 cm³/mol. The molecule has 0 aliphatic rings.